The molecule has 9 aromatic rings. The molecule has 5 heterocycles. The predicted octanol–water partition coefficient (Wildman–Crippen LogP) is 13.8. The molecule has 0 saturated carbocycles. The quantitative estimate of drug-likeness (QED) is 0.161. The minimum absolute atomic E-state index is 0.0673. The van der Waals surface area contributed by atoms with E-state index in [0.29, 0.717) is 11.8 Å². The van der Waals surface area contributed by atoms with Crippen LogP contribution in [0.15, 0.2) is 152 Å². The molecule has 0 aliphatic rings. The first kappa shape index (κ1) is 37.0. The molecule has 0 amide bonds. The topological polar surface area (TPSA) is 73.7 Å². The second kappa shape index (κ2) is 14.7. The van der Waals surface area contributed by atoms with Crippen LogP contribution < -0.4 is 4.74 Å². The van der Waals surface area contributed by atoms with Crippen molar-refractivity contribution in [3.05, 3.63) is 162 Å². The summed E-state index contributed by atoms with van der Waals surface area (Å²) >= 11 is 1.84. The van der Waals surface area contributed by atoms with Gasteiger partial charge in [-0.1, -0.05) is 139 Å². The molecule has 0 unspecified atom stereocenters. The lowest BCUT2D eigenvalue weighted by atomic mass is 9.78. The van der Waals surface area contributed by atoms with Crippen molar-refractivity contribution in [3.63, 3.8) is 0 Å². The Bertz CT molecular complexity index is 2870. The zero-order chi connectivity index (χ0) is 40.0. The van der Waals surface area contributed by atoms with Gasteiger partial charge in [0.05, 0.1) is 33.8 Å². The Morgan fingerprint density at radius 2 is 1.00 bits per heavy atom. The molecular formula is C51H43N5OS. The summed E-state index contributed by atoms with van der Waals surface area (Å²) in [6.07, 6.45) is 3.55. The van der Waals surface area contributed by atoms with E-state index in [9.17, 15) is 0 Å². The predicted molar refractivity (Wildman–Crippen MR) is 239 cm³/mol. The van der Waals surface area contributed by atoms with E-state index in [4.69, 9.17) is 29.7 Å². The Balaban J connectivity index is 1.19. The van der Waals surface area contributed by atoms with Gasteiger partial charge in [-0.3, -0.25) is 9.97 Å². The number of ether oxygens (including phenoxy) is 1. The van der Waals surface area contributed by atoms with Gasteiger partial charge in [-0.05, 0) is 57.9 Å². The van der Waals surface area contributed by atoms with Crippen LogP contribution in [-0.2, 0) is 10.8 Å². The highest BCUT2D eigenvalue weighted by Gasteiger charge is 2.32. The van der Waals surface area contributed by atoms with Crippen molar-refractivity contribution in [1.29, 1.82) is 0 Å². The monoisotopic (exact) mass is 773 g/mol. The van der Waals surface area contributed by atoms with Crippen LogP contribution in [0.3, 0.4) is 0 Å². The third-order valence-corrected chi connectivity index (χ3v) is 11.9. The molecule has 5 aromatic heterocycles. The minimum atomic E-state index is -0.117. The Labute approximate surface area is 343 Å². The third-order valence-electron chi connectivity index (χ3n) is 10.2. The molecule has 0 aliphatic heterocycles. The first-order valence-corrected chi connectivity index (χ1v) is 20.4. The number of thiophene rings is 1. The summed E-state index contributed by atoms with van der Waals surface area (Å²) in [6, 6.07) is 47.2. The molecule has 0 N–H and O–H groups in total. The van der Waals surface area contributed by atoms with E-state index in [2.05, 4.69) is 102 Å². The molecule has 4 aromatic carbocycles. The largest absolute Gasteiger partial charge is 0.421 e. The van der Waals surface area contributed by atoms with Crippen LogP contribution >= 0.6 is 11.3 Å². The Kier molecular flexibility index (Phi) is 9.41. The number of aromatic nitrogens is 5. The highest BCUT2D eigenvalue weighted by molar-refractivity contribution is 7.20. The third kappa shape index (κ3) is 7.25. The highest BCUT2D eigenvalue weighted by Crippen LogP contribution is 2.49. The Morgan fingerprint density at radius 3 is 1.57 bits per heavy atom. The van der Waals surface area contributed by atoms with Crippen molar-refractivity contribution < 1.29 is 4.74 Å². The lowest BCUT2D eigenvalue weighted by molar-refractivity contribution is 0.446. The lowest BCUT2D eigenvalue weighted by Crippen LogP contribution is -2.19. The summed E-state index contributed by atoms with van der Waals surface area (Å²) in [5.41, 5.74) is 12.3. The normalized spacial score (nSPS) is 12.0. The molecule has 0 atom stereocenters. The molecule has 9 rings (SSSR count). The number of pyridine rings is 3. The first-order chi connectivity index (χ1) is 28.0. The van der Waals surface area contributed by atoms with Crippen molar-refractivity contribution in [2.75, 3.05) is 0 Å². The summed E-state index contributed by atoms with van der Waals surface area (Å²) in [5.74, 6) is 0.887. The van der Waals surface area contributed by atoms with E-state index in [-0.39, 0.29) is 10.8 Å². The van der Waals surface area contributed by atoms with Crippen LogP contribution in [0.5, 0.6) is 11.8 Å². The van der Waals surface area contributed by atoms with Gasteiger partial charge in [0.15, 0.2) is 0 Å². The molecule has 0 spiro atoms. The molecule has 7 heteroatoms. The fourth-order valence-electron chi connectivity index (χ4n) is 7.55. The summed E-state index contributed by atoms with van der Waals surface area (Å²) in [7, 11) is 0. The van der Waals surface area contributed by atoms with Gasteiger partial charge in [0, 0.05) is 61.7 Å². The van der Waals surface area contributed by atoms with Gasteiger partial charge >= 0.3 is 0 Å². The summed E-state index contributed by atoms with van der Waals surface area (Å²) < 4.78 is 7.82. The van der Waals surface area contributed by atoms with Crippen LogP contribution in [0.2, 0.25) is 0 Å². The van der Waals surface area contributed by atoms with Gasteiger partial charge in [0.2, 0.25) is 11.8 Å². The van der Waals surface area contributed by atoms with Crippen molar-refractivity contribution in [3.8, 4) is 67.9 Å². The second-order valence-corrected chi connectivity index (χ2v) is 17.6. The summed E-state index contributed by atoms with van der Waals surface area (Å²) in [6.45, 7) is 13.7. The van der Waals surface area contributed by atoms with Crippen molar-refractivity contribution >= 4 is 32.5 Å². The maximum Gasteiger partial charge on any atom is 0.222 e. The van der Waals surface area contributed by atoms with Gasteiger partial charge in [-0.15, -0.1) is 11.3 Å². The summed E-state index contributed by atoms with van der Waals surface area (Å²) in [5, 5.41) is 1.15. The van der Waals surface area contributed by atoms with Gasteiger partial charge in [-0.25, -0.2) is 15.0 Å². The number of hydrogen-bond acceptors (Lipinski definition) is 7. The first-order valence-electron chi connectivity index (χ1n) is 19.6. The molecule has 6 nitrogen and oxygen atoms in total. The smallest absolute Gasteiger partial charge is 0.222 e. The van der Waals surface area contributed by atoms with Crippen molar-refractivity contribution in [2.45, 2.75) is 52.4 Å². The van der Waals surface area contributed by atoms with Gasteiger partial charge in [-0.2, -0.15) is 0 Å². The van der Waals surface area contributed by atoms with Crippen molar-refractivity contribution in [1.82, 2.24) is 24.9 Å². The van der Waals surface area contributed by atoms with Crippen LogP contribution in [0, 0.1) is 0 Å². The standard InChI is InChI=1S/C51H43N5OS/c1-50(2,3)46-45-47-42(52-25-26-53-47)31-37(48(45)58-49(46)51(4,5)6)38-23-16-24-43(55-38)57-44-30-36(29-41(56-44)34-21-14-9-15-22-34)35-27-39(32-17-10-7-11-18-32)54-40(28-35)33-19-12-8-13-20-33/h7-31H,1-6H3. The van der Waals surface area contributed by atoms with Crippen LogP contribution in [0.1, 0.15) is 52.0 Å². The van der Waals surface area contributed by atoms with E-state index in [1.165, 1.54) is 10.4 Å². The molecular weight excluding hydrogens is 731 g/mol. The molecule has 0 fully saturated rings. The van der Waals surface area contributed by atoms with E-state index >= 15 is 0 Å². The Hall–Kier alpha value is -6.57. The molecule has 58 heavy (non-hydrogen) atoms. The summed E-state index contributed by atoms with van der Waals surface area (Å²) in [4.78, 5) is 26.4. The molecule has 0 bridgehead atoms. The van der Waals surface area contributed by atoms with E-state index < -0.39 is 0 Å². The van der Waals surface area contributed by atoms with Gasteiger partial charge < -0.3 is 4.74 Å². The Morgan fingerprint density at radius 1 is 0.466 bits per heavy atom. The average molecular weight is 774 g/mol. The SMILES string of the molecule is CC(C)(C)c1sc2c(-c3cccc(Oc4cc(-c5cc(-c6ccccc6)nc(-c6ccccc6)c5)cc(-c5ccccc5)n4)n3)cc3nccnc3c2c1C(C)(C)C. The second-order valence-electron chi connectivity index (χ2n) is 16.6. The number of nitrogens with zero attached hydrogens (tertiary/aromatic N) is 5. The number of fused-ring (bicyclic) bond motifs is 3. The van der Waals surface area contributed by atoms with Crippen LogP contribution in [0.4, 0.5) is 0 Å². The number of benzene rings is 4. The molecule has 0 aliphatic carbocycles. The van der Waals surface area contributed by atoms with E-state index in [0.717, 1.165) is 77.3 Å². The van der Waals surface area contributed by atoms with Gasteiger partial charge in [0.25, 0.3) is 0 Å². The highest BCUT2D eigenvalue weighted by atomic mass is 32.1. The number of hydrogen-bond donors (Lipinski definition) is 0. The maximum absolute atomic E-state index is 6.67. The van der Waals surface area contributed by atoms with Gasteiger partial charge in [0.1, 0.15) is 0 Å². The van der Waals surface area contributed by atoms with Crippen LogP contribution in [-0.4, -0.2) is 24.9 Å². The molecule has 0 saturated heterocycles. The van der Waals surface area contributed by atoms with E-state index in [1.807, 2.05) is 90.2 Å². The molecule has 0 radical (unpaired) electrons. The molecule has 284 valence electrons. The van der Waals surface area contributed by atoms with Crippen molar-refractivity contribution in [2.24, 2.45) is 0 Å². The minimum Gasteiger partial charge on any atom is -0.421 e. The zero-order valence-corrected chi connectivity index (χ0v) is 34.3. The zero-order valence-electron chi connectivity index (χ0n) is 33.5. The number of rotatable bonds is 7. The average Bonchev–Trinajstić information content (AvgIpc) is 3.68. The van der Waals surface area contributed by atoms with Crippen LogP contribution in [0.25, 0.3) is 77.3 Å². The lowest BCUT2D eigenvalue weighted by Gasteiger charge is -2.27. The van der Waals surface area contributed by atoms with E-state index in [1.54, 1.807) is 12.4 Å². The fraction of sp³-hybridized carbons (Fsp3) is 0.157. The fourth-order valence-corrected chi connectivity index (χ4v) is 9.15. The maximum atomic E-state index is 6.67.